The third-order valence-electron chi connectivity index (χ3n) is 4.49. The van der Waals surface area contributed by atoms with Gasteiger partial charge in [-0.2, -0.15) is 0 Å². The van der Waals surface area contributed by atoms with E-state index in [0.29, 0.717) is 33.7 Å². The van der Waals surface area contributed by atoms with E-state index in [1.165, 1.54) is 11.3 Å². The Labute approximate surface area is 177 Å². The van der Waals surface area contributed by atoms with Gasteiger partial charge in [-0.15, -0.1) is 11.3 Å². The number of fused-ring (bicyclic) bond motifs is 1. The fourth-order valence-electron chi connectivity index (χ4n) is 3.10. The predicted molar refractivity (Wildman–Crippen MR) is 115 cm³/mol. The SMILES string of the molecule is CCCN1C(=O)COc2ccc(-c3csc(NC(=O)c4ccccc4Cl)n3)cc21. The number of thiazole rings is 1. The molecule has 1 aliphatic rings. The maximum atomic E-state index is 12.4. The molecule has 6 nitrogen and oxygen atoms in total. The van der Waals surface area contributed by atoms with Crippen molar-refractivity contribution in [2.75, 3.05) is 23.4 Å². The molecule has 2 amide bonds. The smallest absolute Gasteiger partial charge is 0.265 e. The second kappa shape index (κ2) is 8.23. The molecule has 29 heavy (non-hydrogen) atoms. The maximum Gasteiger partial charge on any atom is 0.265 e. The number of nitrogens with one attached hydrogen (secondary N) is 1. The Balaban J connectivity index is 1.58. The highest BCUT2D eigenvalue weighted by atomic mass is 35.5. The Hall–Kier alpha value is -2.90. The van der Waals surface area contributed by atoms with Gasteiger partial charge in [0.15, 0.2) is 11.7 Å². The summed E-state index contributed by atoms with van der Waals surface area (Å²) in [5.74, 6) is 0.321. The van der Waals surface area contributed by atoms with Crippen LogP contribution < -0.4 is 15.0 Å². The summed E-state index contributed by atoms with van der Waals surface area (Å²) >= 11 is 7.41. The number of ether oxygens (including phenoxy) is 1. The second-order valence-corrected chi connectivity index (χ2v) is 7.75. The zero-order chi connectivity index (χ0) is 20.4. The van der Waals surface area contributed by atoms with Crippen molar-refractivity contribution in [3.05, 3.63) is 58.4 Å². The molecular weight excluding hydrogens is 410 g/mol. The number of rotatable bonds is 5. The lowest BCUT2D eigenvalue weighted by atomic mass is 10.1. The topological polar surface area (TPSA) is 71.5 Å². The molecule has 0 bridgehead atoms. The van der Waals surface area contributed by atoms with Crippen LogP contribution in [0.15, 0.2) is 47.8 Å². The van der Waals surface area contributed by atoms with Gasteiger partial charge in [-0.1, -0.05) is 30.7 Å². The summed E-state index contributed by atoms with van der Waals surface area (Å²) in [5, 5.41) is 5.50. The standard InChI is InChI=1S/C21H18ClN3O3S/c1-2-9-25-17-10-13(7-8-18(17)28-11-19(25)26)16-12-29-21(23-16)24-20(27)14-5-3-4-6-15(14)22/h3-8,10,12H,2,9,11H2,1H3,(H,23,24,27). The maximum absolute atomic E-state index is 12.4. The molecule has 148 valence electrons. The normalized spacial score (nSPS) is 13.0. The molecule has 0 spiro atoms. The molecule has 2 heterocycles. The molecule has 0 saturated carbocycles. The highest BCUT2D eigenvalue weighted by molar-refractivity contribution is 7.14. The average Bonchev–Trinajstić information content (AvgIpc) is 3.18. The number of hydrogen-bond donors (Lipinski definition) is 1. The zero-order valence-electron chi connectivity index (χ0n) is 15.6. The summed E-state index contributed by atoms with van der Waals surface area (Å²) in [7, 11) is 0. The lowest BCUT2D eigenvalue weighted by molar-refractivity contribution is -0.121. The Morgan fingerprint density at radius 2 is 2.14 bits per heavy atom. The number of benzene rings is 2. The molecule has 1 N–H and O–H groups in total. The van der Waals surface area contributed by atoms with E-state index in [9.17, 15) is 9.59 Å². The van der Waals surface area contributed by atoms with Crippen molar-refractivity contribution in [1.29, 1.82) is 0 Å². The number of carbonyl (C=O) groups excluding carboxylic acids is 2. The van der Waals surface area contributed by atoms with Crippen molar-refractivity contribution in [2.24, 2.45) is 0 Å². The van der Waals surface area contributed by atoms with Crippen LogP contribution >= 0.6 is 22.9 Å². The van der Waals surface area contributed by atoms with Crippen LogP contribution in [0.4, 0.5) is 10.8 Å². The number of carbonyl (C=O) groups is 2. The van der Waals surface area contributed by atoms with Gasteiger partial charge in [0.1, 0.15) is 5.75 Å². The molecular formula is C21H18ClN3O3S. The average molecular weight is 428 g/mol. The van der Waals surface area contributed by atoms with E-state index in [2.05, 4.69) is 10.3 Å². The van der Waals surface area contributed by atoms with Gasteiger partial charge in [-0.25, -0.2) is 4.98 Å². The number of aromatic nitrogens is 1. The first-order valence-corrected chi connectivity index (χ1v) is 10.4. The zero-order valence-corrected chi connectivity index (χ0v) is 17.2. The van der Waals surface area contributed by atoms with Crippen LogP contribution in [0.2, 0.25) is 5.02 Å². The molecule has 2 aromatic carbocycles. The second-order valence-electron chi connectivity index (χ2n) is 6.49. The number of halogens is 1. The summed E-state index contributed by atoms with van der Waals surface area (Å²) in [6.07, 6.45) is 0.852. The van der Waals surface area contributed by atoms with Gasteiger partial charge in [0.05, 0.1) is 22.0 Å². The van der Waals surface area contributed by atoms with E-state index in [0.717, 1.165) is 17.7 Å². The number of nitrogens with zero attached hydrogens (tertiary/aromatic N) is 2. The Bertz CT molecular complexity index is 1080. The minimum atomic E-state index is -0.310. The molecule has 0 fully saturated rings. The third kappa shape index (κ3) is 3.97. The highest BCUT2D eigenvalue weighted by Gasteiger charge is 2.25. The molecule has 4 rings (SSSR count). The van der Waals surface area contributed by atoms with Crippen molar-refractivity contribution in [3.63, 3.8) is 0 Å². The largest absolute Gasteiger partial charge is 0.482 e. The van der Waals surface area contributed by atoms with Gasteiger partial charge < -0.3 is 9.64 Å². The molecule has 0 aliphatic carbocycles. The summed E-state index contributed by atoms with van der Waals surface area (Å²) in [5.41, 5.74) is 2.69. The summed E-state index contributed by atoms with van der Waals surface area (Å²) in [4.78, 5) is 30.9. The van der Waals surface area contributed by atoms with Crippen molar-refractivity contribution >= 4 is 45.6 Å². The Morgan fingerprint density at radius 1 is 1.31 bits per heavy atom. The van der Waals surface area contributed by atoms with Gasteiger partial charge in [0, 0.05) is 17.5 Å². The number of hydrogen-bond acceptors (Lipinski definition) is 5. The van der Waals surface area contributed by atoms with E-state index in [4.69, 9.17) is 16.3 Å². The van der Waals surface area contributed by atoms with Crippen molar-refractivity contribution in [3.8, 4) is 17.0 Å². The molecule has 1 aromatic heterocycles. The Kier molecular flexibility index (Phi) is 5.51. The monoisotopic (exact) mass is 427 g/mol. The first kappa shape index (κ1) is 19.4. The number of anilines is 2. The molecule has 0 radical (unpaired) electrons. The fourth-order valence-corrected chi connectivity index (χ4v) is 4.04. The lowest BCUT2D eigenvalue weighted by Gasteiger charge is -2.29. The van der Waals surface area contributed by atoms with E-state index in [1.54, 1.807) is 29.2 Å². The van der Waals surface area contributed by atoms with Crippen LogP contribution in [0.3, 0.4) is 0 Å². The van der Waals surface area contributed by atoms with E-state index in [1.807, 2.05) is 30.5 Å². The highest BCUT2D eigenvalue weighted by Crippen LogP contribution is 2.37. The van der Waals surface area contributed by atoms with Crippen molar-refractivity contribution in [2.45, 2.75) is 13.3 Å². The quantitative estimate of drug-likeness (QED) is 0.631. The molecule has 3 aromatic rings. The lowest BCUT2D eigenvalue weighted by Crippen LogP contribution is -2.39. The first-order chi connectivity index (χ1) is 14.1. The summed E-state index contributed by atoms with van der Waals surface area (Å²) < 4.78 is 5.54. The summed E-state index contributed by atoms with van der Waals surface area (Å²) in [6, 6.07) is 12.5. The summed E-state index contributed by atoms with van der Waals surface area (Å²) in [6.45, 7) is 2.72. The van der Waals surface area contributed by atoms with Crippen LogP contribution in [-0.4, -0.2) is 29.9 Å². The van der Waals surface area contributed by atoms with Gasteiger partial charge in [0.25, 0.3) is 11.8 Å². The van der Waals surface area contributed by atoms with E-state index in [-0.39, 0.29) is 18.4 Å². The van der Waals surface area contributed by atoms with E-state index < -0.39 is 0 Å². The van der Waals surface area contributed by atoms with Crippen LogP contribution in [-0.2, 0) is 4.79 Å². The molecule has 0 unspecified atom stereocenters. The first-order valence-electron chi connectivity index (χ1n) is 9.16. The van der Waals surface area contributed by atoms with Crippen LogP contribution in [0.5, 0.6) is 5.75 Å². The van der Waals surface area contributed by atoms with Crippen molar-refractivity contribution in [1.82, 2.24) is 4.98 Å². The van der Waals surface area contributed by atoms with Gasteiger partial charge in [-0.3, -0.25) is 14.9 Å². The molecule has 0 atom stereocenters. The van der Waals surface area contributed by atoms with Crippen molar-refractivity contribution < 1.29 is 14.3 Å². The van der Waals surface area contributed by atoms with Gasteiger partial charge >= 0.3 is 0 Å². The molecule has 0 saturated heterocycles. The fraction of sp³-hybridized carbons (Fsp3) is 0.190. The van der Waals surface area contributed by atoms with E-state index >= 15 is 0 Å². The Morgan fingerprint density at radius 3 is 2.93 bits per heavy atom. The minimum absolute atomic E-state index is 0.0533. The predicted octanol–water partition coefficient (Wildman–Crippen LogP) is 4.85. The molecule has 1 aliphatic heterocycles. The van der Waals surface area contributed by atoms with Gasteiger partial charge in [-0.05, 0) is 36.8 Å². The number of amides is 2. The van der Waals surface area contributed by atoms with Crippen LogP contribution in [0.1, 0.15) is 23.7 Å². The molecule has 8 heteroatoms. The third-order valence-corrected chi connectivity index (χ3v) is 5.58. The minimum Gasteiger partial charge on any atom is -0.482 e. The van der Waals surface area contributed by atoms with Crippen LogP contribution in [0, 0.1) is 0 Å². The van der Waals surface area contributed by atoms with Gasteiger partial charge in [0.2, 0.25) is 0 Å². The van der Waals surface area contributed by atoms with Crippen LogP contribution in [0.25, 0.3) is 11.3 Å².